The van der Waals surface area contributed by atoms with Crippen LogP contribution >= 0.6 is 27.3 Å². The Kier molecular flexibility index (Phi) is 6.69. The molecule has 1 fully saturated rings. The van der Waals surface area contributed by atoms with E-state index in [9.17, 15) is 22.0 Å². The van der Waals surface area contributed by atoms with Gasteiger partial charge in [0, 0.05) is 18.6 Å². The molecule has 0 spiro atoms. The standard InChI is InChI=1S/C20H20BrF2NO4S2/c1-20(22,23)17-15(21)16(28-13-6-4-3-5-7-13)19(29-17)24-18(25)14(12-8-9-12)10-11-30(2,26)27/h3-7,10-12,14H,8-9H2,1-2H3,(H,24,25)/b11-10+/t14-/m1/s1. The fourth-order valence-corrected chi connectivity index (χ4v) is 5.20. The number of anilines is 1. The smallest absolute Gasteiger partial charge is 0.280 e. The topological polar surface area (TPSA) is 72.5 Å². The van der Waals surface area contributed by atoms with Crippen LogP contribution in [0.3, 0.4) is 0 Å². The number of alkyl halides is 2. The second kappa shape index (κ2) is 8.76. The van der Waals surface area contributed by atoms with Crippen molar-refractivity contribution in [3.63, 3.8) is 0 Å². The molecule has 162 valence electrons. The first-order valence-electron chi connectivity index (χ1n) is 9.08. The van der Waals surface area contributed by atoms with Gasteiger partial charge in [-0.2, -0.15) is 0 Å². The monoisotopic (exact) mass is 519 g/mol. The SMILES string of the molecule is CC(F)(F)c1sc(NC(=O)[C@H](/C=C/S(C)(=O)=O)C2CC2)c(Oc2ccccc2)c1Br. The number of thiophene rings is 1. The summed E-state index contributed by atoms with van der Waals surface area (Å²) in [7, 11) is -3.39. The molecule has 1 aliphatic rings. The van der Waals surface area contributed by atoms with E-state index in [1.165, 1.54) is 6.08 Å². The number of para-hydroxylation sites is 1. The second-order valence-electron chi connectivity index (χ2n) is 7.22. The highest BCUT2D eigenvalue weighted by Gasteiger charge is 2.37. The van der Waals surface area contributed by atoms with Crippen molar-refractivity contribution in [2.24, 2.45) is 11.8 Å². The zero-order chi connectivity index (χ0) is 22.1. The van der Waals surface area contributed by atoms with E-state index in [0.29, 0.717) is 5.75 Å². The van der Waals surface area contributed by atoms with Crippen LogP contribution in [0.1, 0.15) is 24.6 Å². The summed E-state index contributed by atoms with van der Waals surface area (Å²) in [5.41, 5.74) is 0. The van der Waals surface area contributed by atoms with Crippen LogP contribution in [0, 0.1) is 11.8 Å². The molecule has 1 aliphatic carbocycles. The summed E-state index contributed by atoms with van der Waals surface area (Å²) < 4.78 is 56.9. The first-order valence-corrected chi connectivity index (χ1v) is 12.6. The number of halogens is 3. The van der Waals surface area contributed by atoms with Gasteiger partial charge in [-0.25, -0.2) is 17.2 Å². The maximum absolute atomic E-state index is 14.1. The molecule has 1 amide bonds. The third kappa shape index (κ3) is 5.89. The Morgan fingerprint density at radius 1 is 1.33 bits per heavy atom. The average Bonchev–Trinajstić information content (AvgIpc) is 3.42. The predicted octanol–water partition coefficient (Wildman–Crippen LogP) is 5.94. The lowest BCUT2D eigenvalue weighted by Gasteiger charge is -2.13. The molecule has 0 saturated heterocycles. The lowest BCUT2D eigenvalue weighted by atomic mass is 10.0. The van der Waals surface area contributed by atoms with Gasteiger partial charge in [0.2, 0.25) is 5.91 Å². The van der Waals surface area contributed by atoms with Crippen LogP contribution in [0.15, 0.2) is 46.3 Å². The van der Waals surface area contributed by atoms with E-state index in [4.69, 9.17) is 4.74 Å². The number of carbonyl (C=O) groups is 1. The average molecular weight is 520 g/mol. The van der Waals surface area contributed by atoms with Gasteiger partial charge < -0.3 is 10.1 Å². The number of carbonyl (C=O) groups excluding carboxylic acids is 1. The Bertz CT molecular complexity index is 1060. The molecule has 2 aromatic rings. The van der Waals surface area contributed by atoms with Gasteiger partial charge in [-0.15, -0.1) is 11.3 Å². The third-order valence-electron chi connectivity index (χ3n) is 4.37. The molecule has 30 heavy (non-hydrogen) atoms. The summed E-state index contributed by atoms with van der Waals surface area (Å²) in [5.74, 6) is -3.75. The van der Waals surface area contributed by atoms with Gasteiger partial charge in [0.05, 0.1) is 15.3 Å². The number of nitrogens with one attached hydrogen (secondary N) is 1. The molecule has 0 aliphatic heterocycles. The molecule has 1 aromatic carbocycles. The Morgan fingerprint density at radius 3 is 2.50 bits per heavy atom. The summed E-state index contributed by atoms with van der Waals surface area (Å²) in [6.07, 6.45) is 4.00. The molecule has 1 heterocycles. The van der Waals surface area contributed by atoms with Gasteiger partial charge in [-0.05, 0) is 46.8 Å². The third-order valence-corrected chi connectivity index (χ3v) is 7.30. The van der Waals surface area contributed by atoms with Gasteiger partial charge in [0.25, 0.3) is 5.92 Å². The van der Waals surface area contributed by atoms with Crippen LogP contribution in [-0.2, 0) is 20.6 Å². The zero-order valence-corrected chi connectivity index (χ0v) is 19.4. The van der Waals surface area contributed by atoms with Crippen molar-refractivity contribution < 1.29 is 26.7 Å². The van der Waals surface area contributed by atoms with E-state index >= 15 is 0 Å². The lowest BCUT2D eigenvalue weighted by Crippen LogP contribution is -2.22. The van der Waals surface area contributed by atoms with E-state index in [1.54, 1.807) is 30.3 Å². The second-order valence-corrected chi connectivity index (χ2v) is 11.0. The fourth-order valence-electron chi connectivity index (χ4n) is 2.79. The molecule has 0 unspecified atom stereocenters. The molecule has 1 aromatic heterocycles. The van der Waals surface area contributed by atoms with Gasteiger partial charge in [-0.3, -0.25) is 4.79 Å². The Morgan fingerprint density at radius 2 is 1.97 bits per heavy atom. The van der Waals surface area contributed by atoms with E-state index in [1.807, 2.05) is 0 Å². The minimum atomic E-state index is -3.39. The quantitative estimate of drug-likeness (QED) is 0.468. The molecule has 10 heteroatoms. The number of hydrogen-bond acceptors (Lipinski definition) is 5. The largest absolute Gasteiger partial charge is 0.453 e. The van der Waals surface area contributed by atoms with Crippen molar-refractivity contribution in [2.45, 2.75) is 25.7 Å². The molecule has 5 nitrogen and oxygen atoms in total. The van der Waals surface area contributed by atoms with Crippen LogP contribution < -0.4 is 10.1 Å². The Hall–Kier alpha value is -1.78. The van der Waals surface area contributed by atoms with E-state index in [-0.39, 0.29) is 26.0 Å². The minimum Gasteiger partial charge on any atom is -0.453 e. The zero-order valence-electron chi connectivity index (χ0n) is 16.2. The van der Waals surface area contributed by atoms with E-state index in [0.717, 1.165) is 42.8 Å². The molecular formula is C20H20BrF2NO4S2. The summed E-state index contributed by atoms with van der Waals surface area (Å²) in [6.45, 7) is 0.767. The van der Waals surface area contributed by atoms with Crippen molar-refractivity contribution in [1.29, 1.82) is 0 Å². The van der Waals surface area contributed by atoms with Crippen molar-refractivity contribution in [2.75, 3.05) is 11.6 Å². The highest BCUT2D eigenvalue weighted by Crippen LogP contribution is 2.51. The number of hydrogen-bond donors (Lipinski definition) is 1. The fraction of sp³-hybridized carbons (Fsp3) is 0.350. The van der Waals surface area contributed by atoms with Crippen LogP contribution in [0.4, 0.5) is 13.8 Å². The number of rotatable bonds is 8. The molecule has 3 rings (SSSR count). The number of amides is 1. The highest BCUT2D eigenvalue weighted by molar-refractivity contribution is 9.10. The number of sulfone groups is 1. The van der Waals surface area contributed by atoms with Crippen LogP contribution in [0.2, 0.25) is 0 Å². The Labute approximate surface area is 186 Å². The predicted molar refractivity (Wildman–Crippen MR) is 117 cm³/mol. The van der Waals surface area contributed by atoms with Crippen molar-refractivity contribution in [3.05, 3.63) is 51.2 Å². The lowest BCUT2D eigenvalue weighted by molar-refractivity contribution is -0.119. The van der Waals surface area contributed by atoms with E-state index < -0.39 is 27.6 Å². The molecule has 0 bridgehead atoms. The van der Waals surface area contributed by atoms with Gasteiger partial charge in [-0.1, -0.05) is 24.3 Å². The van der Waals surface area contributed by atoms with Crippen molar-refractivity contribution in [1.82, 2.24) is 0 Å². The van der Waals surface area contributed by atoms with E-state index in [2.05, 4.69) is 21.2 Å². The van der Waals surface area contributed by atoms with Crippen LogP contribution in [0.25, 0.3) is 0 Å². The maximum atomic E-state index is 14.1. The molecule has 1 saturated carbocycles. The summed E-state index contributed by atoms with van der Waals surface area (Å²) in [4.78, 5) is 12.6. The van der Waals surface area contributed by atoms with Crippen LogP contribution in [0.5, 0.6) is 11.5 Å². The maximum Gasteiger partial charge on any atom is 0.280 e. The summed E-state index contributed by atoms with van der Waals surface area (Å²) >= 11 is 3.90. The van der Waals surface area contributed by atoms with Gasteiger partial charge in [0.1, 0.15) is 10.8 Å². The Balaban J connectivity index is 1.93. The summed E-state index contributed by atoms with van der Waals surface area (Å²) in [6, 6.07) is 8.60. The number of benzene rings is 1. The van der Waals surface area contributed by atoms with Gasteiger partial charge >= 0.3 is 0 Å². The minimum absolute atomic E-state index is 0.0250. The molecule has 1 N–H and O–H groups in total. The first kappa shape index (κ1) is 22.9. The molecule has 1 atom stereocenters. The molecular weight excluding hydrogens is 500 g/mol. The highest BCUT2D eigenvalue weighted by atomic mass is 79.9. The molecule has 0 radical (unpaired) electrons. The normalized spacial score (nSPS) is 15.9. The van der Waals surface area contributed by atoms with Crippen molar-refractivity contribution in [3.8, 4) is 11.5 Å². The van der Waals surface area contributed by atoms with Gasteiger partial charge in [0.15, 0.2) is 15.6 Å². The summed E-state index contributed by atoms with van der Waals surface area (Å²) in [5, 5.41) is 3.80. The van der Waals surface area contributed by atoms with Crippen LogP contribution in [-0.4, -0.2) is 20.6 Å². The first-order chi connectivity index (χ1) is 14.0. The number of ether oxygens (including phenoxy) is 1. The van der Waals surface area contributed by atoms with Crippen molar-refractivity contribution >= 4 is 48.0 Å².